The molecule has 2 atom stereocenters. The van der Waals surface area contributed by atoms with Gasteiger partial charge in [0.05, 0.1) is 0 Å². The maximum absolute atomic E-state index is 11.4. The normalized spacial score (nSPS) is 35.4. The van der Waals surface area contributed by atoms with Crippen molar-refractivity contribution in [3.8, 4) is 0 Å². The largest absolute Gasteiger partial charge is 0.396 e. The van der Waals surface area contributed by atoms with Gasteiger partial charge >= 0.3 is 0 Å². The zero-order chi connectivity index (χ0) is 8.55. The lowest BCUT2D eigenvalue weighted by Gasteiger charge is -2.31. The number of piperidine rings is 1. The van der Waals surface area contributed by atoms with E-state index in [1.54, 1.807) is 0 Å². The molecule has 2 saturated heterocycles. The van der Waals surface area contributed by atoms with Gasteiger partial charge in [0.1, 0.15) is 0 Å². The number of amides is 1. The Balaban J connectivity index is 2.08. The minimum Gasteiger partial charge on any atom is -0.396 e. The molecule has 3 heteroatoms. The number of nitrogens with zero attached hydrogens (tertiary/aromatic N) is 1. The molecular formula is C9H15NO2. The SMILES string of the molecule is O=C1CCC[C@@H]2[C@H](CO)CCN12. The van der Waals surface area contributed by atoms with Crippen LogP contribution >= 0.6 is 0 Å². The van der Waals surface area contributed by atoms with E-state index >= 15 is 0 Å². The molecule has 0 saturated carbocycles. The topological polar surface area (TPSA) is 40.5 Å². The van der Waals surface area contributed by atoms with Crippen LogP contribution in [-0.4, -0.2) is 35.1 Å². The number of rotatable bonds is 1. The molecular weight excluding hydrogens is 154 g/mol. The van der Waals surface area contributed by atoms with Crippen LogP contribution in [0.15, 0.2) is 0 Å². The van der Waals surface area contributed by atoms with Crippen molar-refractivity contribution >= 4 is 5.91 Å². The Hall–Kier alpha value is -0.570. The van der Waals surface area contributed by atoms with E-state index in [1.807, 2.05) is 4.90 Å². The molecule has 1 N–H and O–H groups in total. The monoisotopic (exact) mass is 169 g/mol. The number of fused-ring (bicyclic) bond motifs is 1. The number of hydrogen-bond acceptors (Lipinski definition) is 2. The fourth-order valence-electron chi connectivity index (χ4n) is 2.44. The third-order valence-electron chi connectivity index (χ3n) is 3.13. The number of aliphatic hydroxyl groups excluding tert-OH is 1. The van der Waals surface area contributed by atoms with Gasteiger partial charge in [-0.1, -0.05) is 0 Å². The van der Waals surface area contributed by atoms with Crippen LogP contribution in [0.5, 0.6) is 0 Å². The van der Waals surface area contributed by atoms with Crippen LogP contribution in [0.4, 0.5) is 0 Å². The summed E-state index contributed by atoms with van der Waals surface area (Å²) >= 11 is 0. The Morgan fingerprint density at radius 1 is 1.50 bits per heavy atom. The van der Waals surface area contributed by atoms with Gasteiger partial charge in [-0.05, 0) is 19.3 Å². The molecule has 0 aromatic carbocycles. The molecule has 2 fully saturated rings. The van der Waals surface area contributed by atoms with Gasteiger partial charge < -0.3 is 10.0 Å². The molecule has 0 aromatic rings. The zero-order valence-electron chi connectivity index (χ0n) is 7.20. The zero-order valence-corrected chi connectivity index (χ0v) is 7.20. The van der Waals surface area contributed by atoms with Crippen molar-refractivity contribution in [3.05, 3.63) is 0 Å². The lowest BCUT2D eigenvalue weighted by atomic mass is 9.94. The molecule has 3 nitrogen and oxygen atoms in total. The first-order chi connectivity index (χ1) is 5.83. The van der Waals surface area contributed by atoms with E-state index in [0.717, 1.165) is 25.8 Å². The predicted octanol–water partition coefficient (Wildman–Crippen LogP) is 0.380. The van der Waals surface area contributed by atoms with Crippen molar-refractivity contribution in [1.29, 1.82) is 0 Å². The Bertz CT molecular complexity index is 193. The highest BCUT2D eigenvalue weighted by Crippen LogP contribution is 2.31. The number of aliphatic hydroxyl groups is 1. The minimum atomic E-state index is 0.244. The van der Waals surface area contributed by atoms with Gasteiger partial charge in [-0.25, -0.2) is 0 Å². The molecule has 0 unspecified atom stereocenters. The van der Waals surface area contributed by atoms with Crippen molar-refractivity contribution in [1.82, 2.24) is 4.90 Å². The second-order valence-electron chi connectivity index (χ2n) is 3.78. The Morgan fingerprint density at radius 3 is 3.08 bits per heavy atom. The highest BCUT2D eigenvalue weighted by Gasteiger charge is 2.38. The maximum Gasteiger partial charge on any atom is 0.222 e. The van der Waals surface area contributed by atoms with Gasteiger partial charge in [-0.2, -0.15) is 0 Å². The van der Waals surface area contributed by atoms with Gasteiger partial charge in [0.15, 0.2) is 0 Å². The number of hydrogen-bond donors (Lipinski definition) is 1. The minimum absolute atomic E-state index is 0.244. The molecule has 0 radical (unpaired) electrons. The molecule has 0 spiro atoms. The van der Waals surface area contributed by atoms with E-state index in [2.05, 4.69) is 0 Å². The number of carbonyl (C=O) groups is 1. The van der Waals surface area contributed by atoms with Crippen molar-refractivity contribution in [2.24, 2.45) is 5.92 Å². The summed E-state index contributed by atoms with van der Waals surface area (Å²) in [6, 6.07) is 0.358. The first-order valence-corrected chi connectivity index (χ1v) is 4.73. The first-order valence-electron chi connectivity index (χ1n) is 4.73. The second kappa shape index (κ2) is 3.05. The molecule has 12 heavy (non-hydrogen) atoms. The molecule has 68 valence electrons. The fourth-order valence-corrected chi connectivity index (χ4v) is 2.44. The first kappa shape index (κ1) is 8.05. The van der Waals surface area contributed by atoms with Crippen molar-refractivity contribution in [2.75, 3.05) is 13.2 Å². The van der Waals surface area contributed by atoms with Crippen molar-refractivity contribution in [3.63, 3.8) is 0 Å². The third kappa shape index (κ3) is 1.12. The third-order valence-corrected chi connectivity index (χ3v) is 3.13. The molecule has 0 aliphatic carbocycles. The van der Waals surface area contributed by atoms with E-state index in [4.69, 9.17) is 5.11 Å². The van der Waals surface area contributed by atoms with E-state index < -0.39 is 0 Å². The molecule has 0 bridgehead atoms. The summed E-state index contributed by atoms with van der Waals surface area (Å²) in [5, 5.41) is 9.05. The highest BCUT2D eigenvalue weighted by molar-refractivity contribution is 5.77. The van der Waals surface area contributed by atoms with Gasteiger partial charge in [-0.15, -0.1) is 0 Å². The van der Waals surface area contributed by atoms with Crippen LogP contribution in [0, 0.1) is 5.92 Å². The van der Waals surface area contributed by atoms with Crippen LogP contribution in [-0.2, 0) is 4.79 Å². The van der Waals surface area contributed by atoms with Gasteiger partial charge in [0.2, 0.25) is 5.91 Å². The van der Waals surface area contributed by atoms with E-state index in [0.29, 0.717) is 24.3 Å². The summed E-state index contributed by atoms with van der Waals surface area (Å²) in [4.78, 5) is 13.3. The smallest absolute Gasteiger partial charge is 0.222 e. The summed E-state index contributed by atoms with van der Waals surface area (Å²) in [6.07, 6.45) is 3.81. The van der Waals surface area contributed by atoms with Gasteiger partial charge in [-0.3, -0.25) is 4.79 Å². The van der Waals surface area contributed by atoms with Gasteiger partial charge in [0, 0.05) is 31.5 Å². The van der Waals surface area contributed by atoms with Crippen molar-refractivity contribution < 1.29 is 9.90 Å². The van der Waals surface area contributed by atoms with Crippen LogP contribution in [0.1, 0.15) is 25.7 Å². The average molecular weight is 169 g/mol. The molecule has 2 heterocycles. The number of carbonyl (C=O) groups excluding carboxylic acids is 1. The summed E-state index contributed by atoms with van der Waals surface area (Å²) in [5.74, 6) is 0.649. The Labute approximate surface area is 72.4 Å². The Kier molecular flexibility index (Phi) is 2.05. The van der Waals surface area contributed by atoms with Crippen LogP contribution in [0.3, 0.4) is 0 Å². The summed E-state index contributed by atoms with van der Waals surface area (Å²) in [5.41, 5.74) is 0. The molecule has 0 aromatic heterocycles. The standard InChI is InChI=1S/C9H15NO2/c11-6-7-4-5-10-8(7)2-1-3-9(10)12/h7-8,11H,1-6H2/t7-,8+/m0/s1. The van der Waals surface area contributed by atoms with E-state index in [9.17, 15) is 4.79 Å². The second-order valence-corrected chi connectivity index (χ2v) is 3.78. The molecule has 2 rings (SSSR count). The summed E-state index contributed by atoms with van der Waals surface area (Å²) in [6.45, 7) is 1.11. The van der Waals surface area contributed by atoms with Crippen molar-refractivity contribution in [2.45, 2.75) is 31.7 Å². The Morgan fingerprint density at radius 2 is 2.33 bits per heavy atom. The molecule has 2 aliphatic heterocycles. The maximum atomic E-state index is 11.4. The predicted molar refractivity (Wildman–Crippen MR) is 44.5 cm³/mol. The fraction of sp³-hybridized carbons (Fsp3) is 0.889. The highest BCUT2D eigenvalue weighted by atomic mass is 16.3. The summed E-state index contributed by atoms with van der Waals surface area (Å²) in [7, 11) is 0. The quantitative estimate of drug-likeness (QED) is 0.616. The van der Waals surface area contributed by atoms with Crippen LogP contribution in [0.25, 0.3) is 0 Å². The van der Waals surface area contributed by atoms with E-state index in [1.165, 1.54) is 0 Å². The van der Waals surface area contributed by atoms with Crippen LogP contribution < -0.4 is 0 Å². The summed E-state index contributed by atoms with van der Waals surface area (Å²) < 4.78 is 0. The lowest BCUT2D eigenvalue weighted by Crippen LogP contribution is -2.41. The van der Waals surface area contributed by atoms with Crippen LogP contribution in [0.2, 0.25) is 0 Å². The van der Waals surface area contributed by atoms with Gasteiger partial charge in [0.25, 0.3) is 0 Å². The molecule has 1 amide bonds. The average Bonchev–Trinajstić information content (AvgIpc) is 2.49. The van der Waals surface area contributed by atoms with E-state index in [-0.39, 0.29) is 6.61 Å². The molecule has 2 aliphatic rings. The lowest BCUT2D eigenvalue weighted by molar-refractivity contribution is -0.135.